The number of rotatable bonds is 6. The lowest BCUT2D eigenvalue weighted by Crippen LogP contribution is -2.08. The number of alkyl halides is 1. The van der Waals surface area contributed by atoms with Gasteiger partial charge in [0, 0.05) is 5.33 Å². The highest BCUT2D eigenvalue weighted by Gasteiger charge is 2.15. The van der Waals surface area contributed by atoms with Crippen LogP contribution >= 0.6 is 15.9 Å². The van der Waals surface area contributed by atoms with E-state index in [0.717, 1.165) is 11.2 Å². The van der Waals surface area contributed by atoms with Gasteiger partial charge in [-0.15, -0.1) is 0 Å². The second kappa shape index (κ2) is 7.11. The van der Waals surface area contributed by atoms with E-state index in [0.29, 0.717) is 5.92 Å². The molecular weight excluding hydrogens is 260 g/mol. The van der Waals surface area contributed by atoms with Crippen molar-refractivity contribution < 1.29 is 0 Å². The van der Waals surface area contributed by atoms with Crippen molar-refractivity contribution in [3.63, 3.8) is 0 Å². The van der Waals surface area contributed by atoms with Crippen molar-refractivity contribution in [1.29, 1.82) is 0 Å². The predicted molar refractivity (Wildman–Crippen MR) is 76.4 cm³/mol. The van der Waals surface area contributed by atoms with Gasteiger partial charge in [-0.1, -0.05) is 66.9 Å². The SMILES string of the molecule is CCCC(C)CC(CBr)c1ccccc1C. The van der Waals surface area contributed by atoms with Gasteiger partial charge in [-0.3, -0.25) is 0 Å². The maximum Gasteiger partial charge on any atom is 0.0100 e. The van der Waals surface area contributed by atoms with Crippen molar-refractivity contribution in [2.75, 3.05) is 5.33 Å². The Balaban J connectivity index is 2.71. The zero-order valence-corrected chi connectivity index (χ0v) is 12.3. The quantitative estimate of drug-likeness (QED) is 0.621. The van der Waals surface area contributed by atoms with Gasteiger partial charge in [0.2, 0.25) is 0 Å². The third-order valence-corrected chi connectivity index (χ3v) is 4.06. The van der Waals surface area contributed by atoms with E-state index < -0.39 is 0 Å². The van der Waals surface area contributed by atoms with Crippen LogP contribution in [0.3, 0.4) is 0 Å². The molecule has 2 unspecified atom stereocenters. The lowest BCUT2D eigenvalue weighted by molar-refractivity contribution is 0.452. The van der Waals surface area contributed by atoms with Crippen molar-refractivity contribution in [2.45, 2.75) is 46.0 Å². The average molecular weight is 283 g/mol. The average Bonchev–Trinajstić information content (AvgIpc) is 2.27. The van der Waals surface area contributed by atoms with Gasteiger partial charge in [0.05, 0.1) is 0 Å². The third kappa shape index (κ3) is 3.93. The summed E-state index contributed by atoms with van der Waals surface area (Å²) in [6.07, 6.45) is 3.93. The summed E-state index contributed by atoms with van der Waals surface area (Å²) >= 11 is 3.67. The number of benzene rings is 1. The Morgan fingerprint density at radius 3 is 2.50 bits per heavy atom. The number of halogens is 1. The Morgan fingerprint density at radius 2 is 1.94 bits per heavy atom. The van der Waals surface area contributed by atoms with Gasteiger partial charge in [0.25, 0.3) is 0 Å². The fraction of sp³-hybridized carbons (Fsp3) is 0.600. The molecule has 1 rings (SSSR count). The molecule has 0 spiro atoms. The van der Waals surface area contributed by atoms with Gasteiger partial charge in [0.15, 0.2) is 0 Å². The summed E-state index contributed by atoms with van der Waals surface area (Å²) in [4.78, 5) is 0. The van der Waals surface area contributed by atoms with E-state index in [1.807, 2.05) is 0 Å². The summed E-state index contributed by atoms with van der Waals surface area (Å²) in [5.74, 6) is 1.50. The summed E-state index contributed by atoms with van der Waals surface area (Å²) in [6, 6.07) is 8.78. The second-order valence-corrected chi connectivity index (χ2v) is 5.48. The number of aryl methyl sites for hydroxylation is 1. The molecule has 0 heterocycles. The standard InChI is InChI=1S/C15H23Br/c1-4-7-12(2)10-14(11-16)15-9-6-5-8-13(15)3/h5-6,8-9,12,14H,4,7,10-11H2,1-3H3. The molecule has 0 bridgehead atoms. The molecule has 0 nitrogen and oxygen atoms in total. The Kier molecular flexibility index (Phi) is 6.12. The summed E-state index contributed by atoms with van der Waals surface area (Å²) in [5, 5.41) is 1.08. The highest BCUT2D eigenvalue weighted by atomic mass is 79.9. The maximum atomic E-state index is 3.67. The first-order chi connectivity index (χ1) is 7.69. The summed E-state index contributed by atoms with van der Waals surface area (Å²) in [7, 11) is 0. The summed E-state index contributed by atoms with van der Waals surface area (Å²) in [6.45, 7) is 6.86. The molecule has 0 N–H and O–H groups in total. The van der Waals surface area contributed by atoms with Gasteiger partial charge >= 0.3 is 0 Å². The van der Waals surface area contributed by atoms with Crippen LogP contribution in [-0.4, -0.2) is 5.33 Å². The highest BCUT2D eigenvalue weighted by Crippen LogP contribution is 2.29. The van der Waals surface area contributed by atoms with Crippen molar-refractivity contribution >= 4 is 15.9 Å². The zero-order valence-electron chi connectivity index (χ0n) is 10.7. The molecule has 16 heavy (non-hydrogen) atoms. The molecule has 0 radical (unpaired) electrons. The fourth-order valence-electron chi connectivity index (χ4n) is 2.41. The van der Waals surface area contributed by atoms with Gasteiger partial charge < -0.3 is 0 Å². The van der Waals surface area contributed by atoms with Crippen molar-refractivity contribution in [3.05, 3.63) is 35.4 Å². The van der Waals surface area contributed by atoms with Crippen molar-refractivity contribution in [1.82, 2.24) is 0 Å². The lowest BCUT2D eigenvalue weighted by Gasteiger charge is -2.20. The third-order valence-electron chi connectivity index (χ3n) is 3.28. The smallest absolute Gasteiger partial charge is 0.0100 e. The van der Waals surface area contributed by atoms with E-state index in [4.69, 9.17) is 0 Å². The van der Waals surface area contributed by atoms with Gasteiger partial charge in [0.1, 0.15) is 0 Å². The lowest BCUT2D eigenvalue weighted by atomic mass is 9.87. The normalized spacial score (nSPS) is 14.8. The summed E-state index contributed by atoms with van der Waals surface area (Å²) < 4.78 is 0. The Labute approximate surface area is 109 Å². The fourth-order valence-corrected chi connectivity index (χ4v) is 3.03. The van der Waals surface area contributed by atoms with E-state index in [9.17, 15) is 0 Å². The first kappa shape index (κ1) is 13.8. The van der Waals surface area contributed by atoms with E-state index in [1.165, 1.54) is 30.4 Å². The van der Waals surface area contributed by atoms with E-state index >= 15 is 0 Å². The second-order valence-electron chi connectivity index (χ2n) is 4.84. The molecule has 0 saturated heterocycles. The molecule has 2 atom stereocenters. The minimum Gasteiger partial charge on any atom is -0.0921 e. The van der Waals surface area contributed by atoms with Crippen LogP contribution in [0.5, 0.6) is 0 Å². The molecule has 90 valence electrons. The molecule has 1 aromatic rings. The van der Waals surface area contributed by atoms with Crippen LogP contribution in [0.15, 0.2) is 24.3 Å². The minimum atomic E-state index is 0.669. The van der Waals surface area contributed by atoms with E-state index in [2.05, 4.69) is 61.0 Å². The maximum absolute atomic E-state index is 3.67. The van der Waals surface area contributed by atoms with Crippen LogP contribution in [0.4, 0.5) is 0 Å². The molecule has 1 heteroatoms. The minimum absolute atomic E-state index is 0.669. The largest absolute Gasteiger partial charge is 0.0921 e. The Hall–Kier alpha value is -0.300. The van der Waals surface area contributed by atoms with E-state index in [-0.39, 0.29) is 0 Å². The van der Waals surface area contributed by atoms with Crippen LogP contribution in [0.25, 0.3) is 0 Å². The molecule has 0 amide bonds. The van der Waals surface area contributed by atoms with Gasteiger partial charge in [-0.2, -0.15) is 0 Å². The molecule has 0 saturated carbocycles. The molecule has 0 fully saturated rings. The first-order valence-corrected chi connectivity index (χ1v) is 7.42. The topological polar surface area (TPSA) is 0 Å². The molecule has 1 aromatic carbocycles. The summed E-state index contributed by atoms with van der Waals surface area (Å²) in [5.41, 5.74) is 2.94. The number of hydrogen-bond acceptors (Lipinski definition) is 0. The molecule has 0 aliphatic rings. The zero-order chi connectivity index (χ0) is 12.0. The van der Waals surface area contributed by atoms with Crippen LogP contribution in [0.2, 0.25) is 0 Å². The first-order valence-electron chi connectivity index (χ1n) is 6.30. The van der Waals surface area contributed by atoms with Crippen LogP contribution < -0.4 is 0 Å². The Bertz CT molecular complexity index is 306. The molecule has 0 aromatic heterocycles. The predicted octanol–water partition coefficient (Wildman–Crippen LogP) is 5.30. The molecule has 0 aliphatic carbocycles. The van der Waals surface area contributed by atoms with Crippen LogP contribution in [0, 0.1) is 12.8 Å². The molecule has 0 aliphatic heterocycles. The molecular formula is C15H23Br. The number of hydrogen-bond donors (Lipinski definition) is 0. The monoisotopic (exact) mass is 282 g/mol. The van der Waals surface area contributed by atoms with Gasteiger partial charge in [-0.05, 0) is 36.3 Å². The van der Waals surface area contributed by atoms with Crippen LogP contribution in [-0.2, 0) is 0 Å². The highest BCUT2D eigenvalue weighted by molar-refractivity contribution is 9.09. The van der Waals surface area contributed by atoms with Crippen molar-refractivity contribution in [3.8, 4) is 0 Å². The van der Waals surface area contributed by atoms with Crippen LogP contribution in [0.1, 0.15) is 50.2 Å². The van der Waals surface area contributed by atoms with Crippen molar-refractivity contribution in [2.24, 2.45) is 5.92 Å². The van der Waals surface area contributed by atoms with Gasteiger partial charge in [-0.25, -0.2) is 0 Å². The Morgan fingerprint density at radius 1 is 1.25 bits per heavy atom. The van der Waals surface area contributed by atoms with E-state index in [1.54, 1.807) is 0 Å².